The van der Waals surface area contributed by atoms with Crippen LogP contribution in [-0.2, 0) is 4.79 Å². The van der Waals surface area contributed by atoms with Crippen molar-refractivity contribution in [3.63, 3.8) is 0 Å². The molecule has 1 N–H and O–H groups in total. The van der Waals surface area contributed by atoms with Gasteiger partial charge in [0.2, 0.25) is 5.82 Å². The quantitative estimate of drug-likeness (QED) is 0.248. The third kappa shape index (κ3) is 4.51. The number of carboxylic acid groups (broad SMARTS) is 1. The van der Waals surface area contributed by atoms with Gasteiger partial charge in [0, 0.05) is 16.0 Å². The van der Waals surface area contributed by atoms with Crippen LogP contribution >= 0.6 is 11.6 Å². The first-order chi connectivity index (χ1) is 18.9. The van der Waals surface area contributed by atoms with Crippen LogP contribution in [0.2, 0.25) is 5.02 Å². The number of nitrogens with zero attached hydrogens (tertiary/aromatic N) is 3. The van der Waals surface area contributed by atoms with Crippen molar-refractivity contribution in [1.82, 2.24) is 9.66 Å². The van der Waals surface area contributed by atoms with E-state index in [2.05, 4.69) is 5.10 Å². The molecule has 0 aliphatic carbocycles. The highest BCUT2D eigenvalue weighted by molar-refractivity contribution is 6.31. The first-order valence-corrected chi connectivity index (χ1v) is 12.4. The number of furan rings is 1. The number of aliphatic carboxylic acids is 1. The first-order valence-electron chi connectivity index (χ1n) is 12.1. The van der Waals surface area contributed by atoms with Crippen LogP contribution in [0.4, 0.5) is 0 Å². The average molecular weight is 538 g/mol. The minimum absolute atomic E-state index is 0.198. The van der Waals surface area contributed by atoms with Gasteiger partial charge in [-0.25, -0.2) is 9.78 Å². The third-order valence-electron chi connectivity index (χ3n) is 6.34. The highest BCUT2D eigenvalue weighted by Crippen LogP contribution is 2.30. The van der Waals surface area contributed by atoms with Crippen LogP contribution in [0.5, 0.6) is 5.75 Å². The van der Waals surface area contributed by atoms with E-state index in [0.717, 1.165) is 16.2 Å². The topological polar surface area (TPSA) is 107 Å². The molecule has 4 aromatic carbocycles. The van der Waals surface area contributed by atoms with Gasteiger partial charge in [-0.1, -0.05) is 54.1 Å². The zero-order valence-corrected chi connectivity index (χ0v) is 21.3. The van der Waals surface area contributed by atoms with E-state index in [1.165, 1.54) is 17.8 Å². The van der Waals surface area contributed by atoms with Gasteiger partial charge in [-0.05, 0) is 60.2 Å². The summed E-state index contributed by atoms with van der Waals surface area (Å²) < 4.78 is 13.0. The van der Waals surface area contributed by atoms with Crippen molar-refractivity contribution in [2.45, 2.75) is 13.0 Å². The number of ether oxygens (including phenoxy) is 1. The van der Waals surface area contributed by atoms with Crippen molar-refractivity contribution in [3.05, 3.63) is 106 Å². The van der Waals surface area contributed by atoms with Gasteiger partial charge in [-0.2, -0.15) is 9.78 Å². The molecule has 1 atom stereocenters. The van der Waals surface area contributed by atoms with E-state index >= 15 is 0 Å². The molecule has 8 nitrogen and oxygen atoms in total. The molecule has 0 aliphatic heterocycles. The molecule has 9 heteroatoms. The summed E-state index contributed by atoms with van der Waals surface area (Å²) in [5.74, 6) is -0.257. The molecule has 0 spiro atoms. The number of hydrogen-bond donors (Lipinski definition) is 1. The Morgan fingerprint density at radius 3 is 2.62 bits per heavy atom. The number of aromatic nitrogens is 2. The number of benzene rings is 4. The molecule has 0 saturated carbocycles. The molecule has 0 unspecified atom stereocenters. The molecule has 0 saturated heterocycles. The largest absolute Gasteiger partial charge is 0.479 e. The van der Waals surface area contributed by atoms with Crippen LogP contribution in [-0.4, -0.2) is 33.1 Å². The summed E-state index contributed by atoms with van der Waals surface area (Å²) in [6, 6.07) is 25.0. The molecule has 2 aromatic heterocycles. The van der Waals surface area contributed by atoms with Gasteiger partial charge in [0.15, 0.2) is 11.9 Å². The zero-order valence-electron chi connectivity index (χ0n) is 20.5. The van der Waals surface area contributed by atoms with Crippen molar-refractivity contribution in [1.29, 1.82) is 0 Å². The van der Waals surface area contributed by atoms with Gasteiger partial charge >= 0.3 is 5.97 Å². The molecular weight excluding hydrogens is 518 g/mol. The lowest BCUT2D eigenvalue weighted by molar-refractivity contribution is -0.144. The Kier molecular flexibility index (Phi) is 6.09. The summed E-state index contributed by atoms with van der Waals surface area (Å²) in [7, 11) is 0. The van der Waals surface area contributed by atoms with E-state index in [4.69, 9.17) is 25.7 Å². The van der Waals surface area contributed by atoms with Gasteiger partial charge in [0.1, 0.15) is 11.3 Å². The average Bonchev–Trinajstić information content (AvgIpc) is 3.36. The number of carbonyl (C=O) groups is 1. The van der Waals surface area contributed by atoms with Gasteiger partial charge in [0.05, 0.1) is 17.1 Å². The second kappa shape index (κ2) is 9.74. The van der Waals surface area contributed by atoms with E-state index in [-0.39, 0.29) is 5.82 Å². The van der Waals surface area contributed by atoms with E-state index in [9.17, 15) is 14.7 Å². The summed E-state index contributed by atoms with van der Waals surface area (Å²) in [5, 5.41) is 17.3. The molecule has 6 aromatic rings. The molecule has 6 rings (SSSR count). The van der Waals surface area contributed by atoms with E-state index in [0.29, 0.717) is 38.6 Å². The molecule has 192 valence electrons. The maximum absolute atomic E-state index is 13.7. The van der Waals surface area contributed by atoms with Crippen LogP contribution < -0.4 is 10.3 Å². The lowest BCUT2D eigenvalue weighted by atomic mass is 10.0. The number of halogens is 1. The highest BCUT2D eigenvalue weighted by Gasteiger charge is 2.19. The summed E-state index contributed by atoms with van der Waals surface area (Å²) in [5.41, 5.74) is 1.20. The summed E-state index contributed by atoms with van der Waals surface area (Å²) >= 11 is 6.16. The molecular formula is C30H20ClN3O5. The van der Waals surface area contributed by atoms with Gasteiger partial charge < -0.3 is 14.3 Å². The minimum Gasteiger partial charge on any atom is -0.479 e. The second-order valence-electron chi connectivity index (χ2n) is 8.90. The smallest absolute Gasteiger partial charge is 0.344 e. The Labute approximate surface area is 226 Å². The summed E-state index contributed by atoms with van der Waals surface area (Å²) in [4.78, 5) is 29.9. The van der Waals surface area contributed by atoms with Crippen LogP contribution in [0, 0.1) is 0 Å². The van der Waals surface area contributed by atoms with Gasteiger partial charge in [-0.3, -0.25) is 4.79 Å². The van der Waals surface area contributed by atoms with Crippen LogP contribution in [0.1, 0.15) is 12.5 Å². The lowest BCUT2D eigenvalue weighted by Crippen LogP contribution is -2.23. The standard InChI is InChI=1S/C30H20ClN3O5/c1-17(30(36)37)38-26-12-10-18-6-2-3-7-21(18)23(26)16-32-34-28(33-24-9-5-4-8-22(24)29(34)35)27-15-19-14-20(31)11-13-25(19)39-27/h2-17H,1H3,(H,36,37)/t17-/m0/s1. The van der Waals surface area contributed by atoms with Gasteiger partial charge in [-0.15, -0.1) is 0 Å². The Morgan fingerprint density at radius 2 is 1.79 bits per heavy atom. The molecule has 39 heavy (non-hydrogen) atoms. The summed E-state index contributed by atoms with van der Waals surface area (Å²) in [6.07, 6.45) is 0.383. The Hall–Kier alpha value is -4.95. The lowest BCUT2D eigenvalue weighted by Gasteiger charge is -2.15. The fourth-order valence-electron chi connectivity index (χ4n) is 4.38. The third-order valence-corrected chi connectivity index (χ3v) is 6.57. The Balaban J connectivity index is 1.57. The molecule has 2 heterocycles. The van der Waals surface area contributed by atoms with Crippen molar-refractivity contribution in [2.24, 2.45) is 5.10 Å². The fraction of sp³-hybridized carbons (Fsp3) is 0.0667. The van der Waals surface area contributed by atoms with E-state index in [1.807, 2.05) is 30.3 Å². The summed E-state index contributed by atoms with van der Waals surface area (Å²) in [6.45, 7) is 1.45. The molecule has 0 bridgehead atoms. The highest BCUT2D eigenvalue weighted by atomic mass is 35.5. The fourth-order valence-corrected chi connectivity index (χ4v) is 4.56. The number of fused-ring (bicyclic) bond motifs is 3. The van der Waals surface area contributed by atoms with Crippen molar-refractivity contribution in [3.8, 4) is 17.3 Å². The zero-order chi connectivity index (χ0) is 27.1. The van der Waals surface area contributed by atoms with Crippen molar-refractivity contribution >= 4 is 56.4 Å². The maximum atomic E-state index is 13.7. The number of hydrogen-bond acceptors (Lipinski definition) is 6. The second-order valence-corrected chi connectivity index (χ2v) is 9.34. The normalized spacial score (nSPS) is 12.5. The number of para-hydroxylation sites is 1. The van der Waals surface area contributed by atoms with Gasteiger partial charge in [0.25, 0.3) is 5.56 Å². The SMILES string of the molecule is C[C@H](Oc1ccc2ccccc2c1C=Nn1c(-c2cc3cc(Cl)ccc3o2)nc2ccccc2c1=O)C(=O)O. The Morgan fingerprint density at radius 1 is 1.03 bits per heavy atom. The van der Waals surface area contributed by atoms with Crippen LogP contribution in [0.25, 0.3) is 44.2 Å². The first kappa shape index (κ1) is 24.4. The van der Waals surface area contributed by atoms with E-state index < -0.39 is 17.6 Å². The molecule has 0 aliphatic rings. The Bertz CT molecular complexity index is 1990. The van der Waals surface area contributed by atoms with Crippen LogP contribution in [0.3, 0.4) is 0 Å². The molecule has 0 amide bonds. The number of carboxylic acids is 1. The predicted molar refractivity (Wildman–Crippen MR) is 151 cm³/mol. The minimum atomic E-state index is -1.10. The number of rotatable bonds is 6. The molecule has 0 fully saturated rings. The van der Waals surface area contributed by atoms with Crippen molar-refractivity contribution < 1.29 is 19.1 Å². The van der Waals surface area contributed by atoms with Crippen molar-refractivity contribution in [2.75, 3.05) is 0 Å². The molecule has 0 radical (unpaired) electrons. The van der Waals surface area contributed by atoms with E-state index in [1.54, 1.807) is 54.6 Å². The maximum Gasteiger partial charge on any atom is 0.344 e. The predicted octanol–water partition coefficient (Wildman–Crippen LogP) is 6.35. The van der Waals surface area contributed by atoms with Crippen LogP contribution in [0.15, 0.2) is 99.2 Å². The monoisotopic (exact) mass is 537 g/mol.